The maximum Gasteiger partial charge on any atom is 0.312 e. The van der Waals surface area contributed by atoms with Gasteiger partial charge in [-0.1, -0.05) is 0 Å². The van der Waals surface area contributed by atoms with E-state index in [1.807, 2.05) is 0 Å². The Hall–Kier alpha value is -2.45. The van der Waals surface area contributed by atoms with Crippen molar-refractivity contribution < 1.29 is 9.59 Å². The smallest absolute Gasteiger partial charge is 0.312 e. The third-order valence-corrected chi connectivity index (χ3v) is 1.97. The van der Waals surface area contributed by atoms with Gasteiger partial charge in [-0.2, -0.15) is 0 Å². The molecule has 4 amide bonds. The van der Waals surface area contributed by atoms with E-state index in [1.54, 1.807) is 0 Å². The van der Waals surface area contributed by atoms with Crippen molar-refractivity contribution in [3.05, 3.63) is 18.0 Å². The Labute approximate surface area is 103 Å². The lowest BCUT2D eigenvalue weighted by atomic mass is 10.3. The minimum Gasteiger partial charge on any atom is -0.352 e. The number of nitrogens with zero attached hydrogens (tertiary/aromatic N) is 3. The summed E-state index contributed by atoms with van der Waals surface area (Å²) in [5.41, 5.74) is 9.85. The minimum absolute atomic E-state index is 0.359. The average molecular weight is 253 g/mol. The van der Waals surface area contributed by atoms with E-state index < -0.39 is 12.1 Å². The Bertz CT molecular complexity index is 388. The highest BCUT2D eigenvalue weighted by Gasteiger charge is 2.02. The van der Waals surface area contributed by atoms with Crippen molar-refractivity contribution in [1.82, 2.24) is 25.6 Å². The summed E-state index contributed by atoms with van der Waals surface area (Å²) < 4.78 is 0. The van der Waals surface area contributed by atoms with Crippen LogP contribution in [0.4, 0.5) is 9.59 Å². The molecule has 0 radical (unpaired) electrons. The van der Waals surface area contributed by atoms with Crippen LogP contribution in [0.5, 0.6) is 0 Å². The Morgan fingerprint density at radius 1 is 1.00 bits per heavy atom. The SMILES string of the molecule is NC(=O)NCCc1ncnc(CCNC(N)=O)n1. The Morgan fingerprint density at radius 3 is 1.83 bits per heavy atom. The van der Waals surface area contributed by atoms with Crippen molar-refractivity contribution in [3.63, 3.8) is 0 Å². The van der Waals surface area contributed by atoms with E-state index in [0.717, 1.165) is 0 Å². The third kappa shape index (κ3) is 5.58. The predicted octanol–water partition coefficient (Wildman–Crippen LogP) is -1.71. The van der Waals surface area contributed by atoms with E-state index in [9.17, 15) is 9.59 Å². The van der Waals surface area contributed by atoms with Crippen molar-refractivity contribution in [2.24, 2.45) is 11.5 Å². The lowest BCUT2D eigenvalue weighted by Gasteiger charge is -2.03. The molecule has 0 saturated carbocycles. The molecule has 0 aromatic carbocycles. The molecule has 9 heteroatoms. The number of urea groups is 2. The summed E-state index contributed by atoms with van der Waals surface area (Å²) in [4.78, 5) is 33.0. The zero-order valence-corrected chi connectivity index (χ0v) is 9.72. The summed E-state index contributed by atoms with van der Waals surface area (Å²) in [6, 6.07) is -1.18. The van der Waals surface area contributed by atoms with Gasteiger partial charge in [-0.05, 0) is 0 Å². The predicted molar refractivity (Wildman–Crippen MR) is 62.4 cm³/mol. The molecule has 6 N–H and O–H groups in total. The Balaban J connectivity index is 2.41. The van der Waals surface area contributed by atoms with Gasteiger partial charge < -0.3 is 22.1 Å². The van der Waals surface area contributed by atoms with Gasteiger partial charge >= 0.3 is 12.1 Å². The number of carbonyl (C=O) groups is 2. The fourth-order valence-electron chi connectivity index (χ4n) is 1.20. The van der Waals surface area contributed by atoms with Crippen LogP contribution in [0.1, 0.15) is 11.6 Å². The van der Waals surface area contributed by atoms with Crippen molar-refractivity contribution in [2.45, 2.75) is 12.8 Å². The number of primary amides is 2. The van der Waals surface area contributed by atoms with Gasteiger partial charge in [0, 0.05) is 25.9 Å². The third-order valence-electron chi connectivity index (χ3n) is 1.97. The molecule has 0 unspecified atom stereocenters. The van der Waals surface area contributed by atoms with Crippen LogP contribution in [-0.4, -0.2) is 40.1 Å². The number of hydrogen-bond acceptors (Lipinski definition) is 5. The standard InChI is InChI=1S/C9H15N7O2/c10-8(17)12-3-1-6-14-5-15-7(16-6)2-4-13-9(11)18/h5H,1-4H2,(H3,10,12,17)(H3,11,13,18). The molecule has 0 aliphatic carbocycles. The number of nitrogens with two attached hydrogens (primary N) is 2. The number of aromatic nitrogens is 3. The van der Waals surface area contributed by atoms with Gasteiger partial charge in [-0.3, -0.25) is 0 Å². The Kier molecular flexibility index (Phi) is 5.29. The van der Waals surface area contributed by atoms with Gasteiger partial charge in [-0.25, -0.2) is 24.5 Å². The van der Waals surface area contributed by atoms with Gasteiger partial charge in [-0.15, -0.1) is 0 Å². The van der Waals surface area contributed by atoms with Gasteiger partial charge in [0.15, 0.2) is 0 Å². The van der Waals surface area contributed by atoms with Crippen molar-refractivity contribution in [2.75, 3.05) is 13.1 Å². The molecule has 0 aliphatic rings. The maximum absolute atomic E-state index is 10.5. The first-order chi connectivity index (χ1) is 8.58. The maximum atomic E-state index is 10.5. The molecule has 0 bridgehead atoms. The first-order valence-electron chi connectivity index (χ1n) is 5.31. The largest absolute Gasteiger partial charge is 0.352 e. The van der Waals surface area contributed by atoms with E-state index >= 15 is 0 Å². The van der Waals surface area contributed by atoms with E-state index in [0.29, 0.717) is 37.6 Å². The second kappa shape index (κ2) is 6.99. The summed E-state index contributed by atoms with van der Waals surface area (Å²) in [5.74, 6) is 1.10. The molecule has 98 valence electrons. The van der Waals surface area contributed by atoms with E-state index in [-0.39, 0.29) is 0 Å². The molecule has 1 heterocycles. The van der Waals surface area contributed by atoms with Crippen molar-refractivity contribution in [1.29, 1.82) is 0 Å². The molecule has 0 aliphatic heterocycles. The summed E-state index contributed by atoms with van der Waals surface area (Å²) in [7, 11) is 0. The molecule has 0 fully saturated rings. The summed E-state index contributed by atoms with van der Waals surface area (Å²) in [6.07, 6.45) is 2.30. The van der Waals surface area contributed by atoms with E-state index in [4.69, 9.17) is 11.5 Å². The lowest BCUT2D eigenvalue weighted by Crippen LogP contribution is -2.32. The van der Waals surface area contributed by atoms with Gasteiger partial charge in [0.25, 0.3) is 0 Å². The van der Waals surface area contributed by atoms with Crippen LogP contribution in [0.2, 0.25) is 0 Å². The zero-order valence-electron chi connectivity index (χ0n) is 9.72. The first kappa shape index (κ1) is 13.6. The van der Waals surface area contributed by atoms with Crippen molar-refractivity contribution >= 4 is 12.1 Å². The topological polar surface area (TPSA) is 149 Å². The zero-order chi connectivity index (χ0) is 13.4. The highest BCUT2D eigenvalue weighted by molar-refractivity contribution is 5.71. The number of rotatable bonds is 6. The van der Waals surface area contributed by atoms with Crippen LogP contribution in [-0.2, 0) is 12.8 Å². The molecule has 1 rings (SSSR count). The molecular formula is C9H15N7O2. The van der Waals surface area contributed by atoms with Crippen LogP contribution in [0.25, 0.3) is 0 Å². The number of amides is 4. The number of hydrogen-bond donors (Lipinski definition) is 4. The summed E-state index contributed by atoms with van der Waals surface area (Å²) in [6.45, 7) is 0.719. The number of nitrogens with one attached hydrogen (secondary N) is 2. The Morgan fingerprint density at radius 2 is 1.44 bits per heavy atom. The molecule has 1 aromatic rings. The summed E-state index contributed by atoms with van der Waals surface area (Å²) in [5, 5.41) is 4.87. The fourth-order valence-corrected chi connectivity index (χ4v) is 1.20. The van der Waals surface area contributed by atoms with Gasteiger partial charge in [0.1, 0.15) is 18.0 Å². The summed E-state index contributed by atoms with van der Waals surface area (Å²) >= 11 is 0. The minimum atomic E-state index is -0.588. The number of carbonyl (C=O) groups excluding carboxylic acids is 2. The fraction of sp³-hybridized carbons (Fsp3) is 0.444. The van der Waals surface area contributed by atoms with Crippen LogP contribution in [0, 0.1) is 0 Å². The van der Waals surface area contributed by atoms with Crippen LogP contribution < -0.4 is 22.1 Å². The molecule has 1 aromatic heterocycles. The van der Waals surface area contributed by atoms with E-state index in [1.165, 1.54) is 6.33 Å². The molecule has 9 nitrogen and oxygen atoms in total. The van der Waals surface area contributed by atoms with Crippen LogP contribution >= 0.6 is 0 Å². The highest BCUT2D eigenvalue weighted by Crippen LogP contribution is 1.93. The monoisotopic (exact) mass is 253 g/mol. The second-order valence-electron chi connectivity index (χ2n) is 3.40. The molecular weight excluding hydrogens is 238 g/mol. The molecule has 0 atom stereocenters. The van der Waals surface area contributed by atoms with Crippen LogP contribution in [0.3, 0.4) is 0 Å². The normalized spacial score (nSPS) is 9.78. The van der Waals surface area contributed by atoms with E-state index in [2.05, 4.69) is 25.6 Å². The first-order valence-corrected chi connectivity index (χ1v) is 5.31. The quantitative estimate of drug-likeness (QED) is 0.476. The lowest BCUT2D eigenvalue weighted by molar-refractivity contribution is 0.248. The molecule has 0 spiro atoms. The second-order valence-corrected chi connectivity index (χ2v) is 3.40. The van der Waals surface area contributed by atoms with Crippen LogP contribution in [0.15, 0.2) is 6.33 Å². The molecule has 0 saturated heterocycles. The highest BCUT2D eigenvalue weighted by atomic mass is 16.2. The molecule has 18 heavy (non-hydrogen) atoms. The van der Waals surface area contributed by atoms with Gasteiger partial charge in [0.05, 0.1) is 0 Å². The average Bonchev–Trinajstić information content (AvgIpc) is 2.28. The van der Waals surface area contributed by atoms with Gasteiger partial charge in [0.2, 0.25) is 0 Å². The van der Waals surface area contributed by atoms with Crippen molar-refractivity contribution in [3.8, 4) is 0 Å².